The van der Waals surface area contributed by atoms with Crippen LogP contribution in [0.1, 0.15) is 17.3 Å². The fourth-order valence-electron chi connectivity index (χ4n) is 1.67. The van der Waals surface area contributed by atoms with Crippen molar-refractivity contribution >= 4 is 5.91 Å². The number of nitrogens with one attached hydrogen (secondary N) is 1. The Labute approximate surface area is 111 Å². The van der Waals surface area contributed by atoms with Gasteiger partial charge in [-0.2, -0.15) is 4.98 Å². The van der Waals surface area contributed by atoms with E-state index in [1.807, 2.05) is 30.3 Å². The van der Waals surface area contributed by atoms with Crippen molar-refractivity contribution in [3.63, 3.8) is 0 Å². The Bertz CT molecular complexity index is 539. The van der Waals surface area contributed by atoms with Crippen LogP contribution in [0.15, 0.2) is 34.9 Å². The second-order valence-electron chi connectivity index (χ2n) is 4.24. The van der Waals surface area contributed by atoms with E-state index >= 15 is 0 Å². The molecule has 100 valence electrons. The molecule has 0 aliphatic heterocycles. The lowest BCUT2D eigenvalue weighted by Gasteiger charge is -2.11. The summed E-state index contributed by atoms with van der Waals surface area (Å²) in [7, 11) is 0. The molecule has 1 aromatic heterocycles. The van der Waals surface area contributed by atoms with Crippen LogP contribution < -0.4 is 11.1 Å². The van der Waals surface area contributed by atoms with Gasteiger partial charge in [-0.1, -0.05) is 35.5 Å². The lowest BCUT2D eigenvalue weighted by atomic mass is 10.1. The molecule has 0 unspecified atom stereocenters. The molecule has 6 nitrogen and oxygen atoms in total. The first-order chi connectivity index (χ1) is 9.15. The van der Waals surface area contributed by atoms with Crippen LogP contribution in [0.5, 0.6) is 0 Å². The van der Waals surface area contributed by atoms with Crippen LogP contribution >= 0.6 is 0 Å². The third kappa shape index (κ3) is 3.89. The molecule has 1 atom stereocenters. The summed E-state index contributed by atoms with van der Waals surface area (Å²) in [6.07, 6.45) is 0.498. The molecule has 0 saturated carbocycles. The Balaban J connectivity index is 1.82. The quantitative estimate of drug-likeness (QED) is 0.819. The number of nitrogens with zero attached hydrogens (tertiary/aromatic N) is 2. The van der Waals surface area contributed by atoms with Crippen molar-refractivity contribution in [3.8, 4) is 0 Å². The van der Waals surface area contributed by atoms with Crippen molar-refractivity contribution in [1.29, 1.82) is 0 Å². The van der Waals surface area contributed by atoms with Crippen molar-refractivity contribution in [2.75, 3.05) is 0 Å². The predicted octanol–water partition coefficient (Wildman–Crippen LogP) is 0.564. The third-order valence-corrected chi connectivity index (χ3v) is 2.63. The zero-order valence-corrected chi connectivity index (χ0v) is 10.7. The molecule has 0 radical (unpaired) electrons. The Morgan fingerprint density at radius 2 is 2.16 bits per heavy atom. The number of aromatic nitrogens is 2. The summed E-state index contributed by atoms with van der Waals surface area (Å²) in [5.41, 5.74) is 6.87. The highest BCUT2D eigenvalue weighted by molar-refractivity contribution is 5.81. The summed E-state index contributed by atoms with van der Waals surface area (Å²) in [4.78, 5) is 15.8. The zero-order chi connectivity index (χ0) is 13.7. The van der Waals surface area contributed by atoms with Crippen molar-refractivity contribution < 1.29 is 9.32 Å². The van der Waals surface area contributed by atoms with Crippen LogP contribution in [0, 0.1) is 6.92 Å². The lowest BCUT2D eigenvalue weighted by molar-refractivity contribution is -0.122. The van der Waals surface area contributed by atoms with Crippen LogP contribution in [0.4, 0.5) is 0 Å². The van der Waals surface area contributed by atoms with Crippen LogP contribution in [-0.2, 0) is 17.8 Å². The summed E-state index contributed by atoms with van der Waals surface area (Å²) < 4.78 is 4.81. The first kappa shape index (κ1) is 13.2. The molecule has 6 heteroatoms. The Hall–Kier alpha value is -2.21. The SMILES string of the molecule is Cc1nc(CNC(=O)[C@@H](N)Cc2ccccc2)no1. The van der Waals surface area contributed by atoms with Gasteiger partial charge in [-0.05, 0) is 12.0 Å². The van der Waals surface area contributed by atoms with E-state index in [1.54, 1.807) is 6.92 Å². The lowest BCUT2D eigenvalue weighted by Crippen LogP contribution is -2.41. The molecule has 0 aliphatic rings. The number of amides is 1. The van der Waals surface area contributed by atoms with E-state index in [1.165, 1.54) is 0 Å². The molecule has 1 aromatic carbocycles. The van der Waals surface area contributed by atoms with E-state index in [0.29, 0.717) is 18.1 Å². The van der Waals surface area contributed by atoms with Gasteiger partial charge in [0.25, 0.3) is 0 Å². The summed E-state index contributed by atoms with van der Waals surface area (Å²) in [6.45, 7) is 1.91. The molecule has 1 heterocycles. The maximum atomic E-state index is 11.8. The van der Waals surface area contributed by atoms with E-state index in [9.17, 15) is 4.79 Å². The molecular weight excluding hydrogens is 244 g/mol. The van der Waals surface area contributed by atoms with Gasteiger partial charge in [0.05, 0.1) is 12.6 Å². The second-order valence-corrected chi connectivity index (χ2v) is 4.24. The molecule has 2 rings (SSSR count). The van der Waals surface area contributed by atoms with Crippen molar-refractivity contribution in [2.45, 2.75) is 25.9 Å². The molecule has 3 N–H and O–H groups in total. The average molecular weight is 260 g/mol. The standard InChI is InChI=1S/C13H16N4O2/c1-9-16-12(17-19-9)8-15-13(18)11(14)7-10-5-3-2-4-6-10/h2-6,11H,7-8,14H2,1H3,(H,15,18)/t11-/m0/s1. The summed E-state index contributed by atoms with van der Waals surface area (Å²) in [6, 6.07) is 9.05. The first-order valence-electron chi connectivity index (χ1n) is 6.01. The number of carbonyl (C=O) groups excluding carboxylic acids is 1. The number of rotatable bonds is 5. The summed E-state index contributed by atoms with van der Waals surface area (Å²) in [5, 5.41) is 6.37. The predicted molar refractivity (Wildman–Crippen MR) is 69.0 cm³/mol. The van der Waals surface area contributed by atoms with Gasteiger partial charge in [-0.25, -0.2) is 0 Å². The normalized spacial score (nSPS) is 12.1. The van der Waals surface area contributed by atoms with Crippen LogP contribution in [-0.4, -0.2) is 22.1 Å². The number of carbonyl (C=O) groups is 1. The van der Waals surface area contributed by atoms with E-state index < -0.39 is 6.04 Å². The Morgan fingerprint density at radius 1 is 1.42 bits per heavy atom. The molecule has 19 heavy (non-hydrogen) atoms. The Morgan fingerprint density at radius 3 is 2.79 bits per heavy atom. The third-order valence-electron chi connectivity index (χ3n) is 2.63. The minimum absolute atomic E-state index is 0.221. The van der Waals surface area contributed by atoms with Gasteiger partial charge in [0.1, 0.15) is 0 Å². The first-order valence-corrected chi connectivity index (χ1v) is 6.01. The largest absolute Gasteiger partial charge is 0.347 e. The fourth-order valence-corrected chi connectivity index (χ4v) is 1.67. The minimum Gasteiger partial charge on any atom is -0.347 e. The second kappa shape index (κ2) is 6.10. The molecular formula is C13H16N4O2. The van der Waals surface area contributed by atoms with Crippen LogP contribution in [0.25, 0.3) is 0 Å². The van der Waals surface area contributed by atoms with Gasteiger partial charge >= 0.3 is 0 Å². The van der Waals surface area contributed by atoms with Gasteiger partial charge in [-0.3, -0.25) is 4.79 Å². The van der Waals surface area contributed by atoms with Crippen molar-refractivity contribution in [3.05, 3.63) is 47.6 Å². The molecule has 0 saturated heterocycles. The van der Waals surface area contributed by atoms with Gasteiger partial charge in [0, 0.05) is 6.92 Å². The van der Waals surface area contributed by atoms with Gasteiger partial charge < -0.3 is 15.6 Å². The number of benzene rings is 1. The van der Waals surface area contributed by atoms with Crippen molar-refractivity contribution in [1.82, 2.24) is 15.5 Å². The van der Waals surface area contributed by atoms with Crippen LogP contribution in [0.3, 0.4) is 0 Å². The monoisotopic (exact) mass is 260 g/mol. The topological polar surface area (TPSA) is 94.0 Å². The molecule has 1 amide bonds. The average Bonchev–Trinajstić information content (AvgIpc) is 2.83. The van der Waals surface area contributed by atoms with Gasteiger partial charge in [-0.15, -0.1) is 0 Å². The van der Waals surface area contributed by atoms with Gasteiger partial charge in [0.15, 0.2) is 5.82 Å². The molecule has 0 fully saturated rings. The van der Waals surface area contributed by atoms with Crippen molar-refractivity contribution in [2.24, 2.45) is 5.73 Å². The van der Waals surface area contributed by atoms with Crippen LogP contribution in [0.2, 0.25) is 0 Å². The fraction of sp³-hybridized carbons (Fsp3) is 0.308. The van der Waals surface area contributed by atoms with Gasteiger partial charge in [0.2, 0.25) is 11.8 Å². The van der Waals surface area contributed by atoms with E-state index in [2.05, 4.69) is 15.5 Å². The Kier molecular flexibility index (Phi) is 4.25. The number of nitrogens with two attached hydrogens (primary N) is 1. The molecule has 0 spiro atoms. The molecule has 0 bridgehead atoms. The van der Waals surface area contributed by atoms with E-state index in [0.717, 1.165) is 5.56 Å². The highest BCUT2D eigenvalue weighted by Crippen LogP contribution is 2.02. The molecule has 0 aliphatic carbocycles. The minimum atomic E-state index is -0.588. The summed E-state index contributed by atoms with van der Waals surface area (Å²) >= 11 is 0. The molecule has 2 aromatic rings. The van der Waals surface area contributed by atoms with E-state index in [4.69, 9.17) is 10.3 Å². The summed E-state index contributed by atoms with van der Waals surface area (Å²) in [5.74, 6) is 0.682. The highest BCUT2D eigenvalue weighted by atomic mass is 16.5. The number of hydrogen-bond donors (Lipinski definition) is 2. The number of aryl methyl sites for hydroxylation is 1. The maximum absolute atomic E-state index is 11.8. The number of hydrogen-bond acceptors (Lipinski definition) is 5. The highest BCUT2D eigenvalue weighted by Gasteiger charge is 2.14. The van der Waals surface area contributed by atoms with E-state index in [-0.39, 0.29) is 12.5 Å². The maximum Gasteiger partial charge on any atom is 0.237 e. The zero-order valence-electron chi connectivity index (χ0n) is 10.7. The smallest absolute Gasteiger partial charge is 0.237 e.